The first-order valence-corrected chi connectivity index (χ1v) is 15.4. The molecule has 0 unspecified atom stereocenters. The molecule has 13 heteroatoms. The Kier molecular flexibility index (Phi) is 8.40. The molecule has 3 N–H and O–H groups in total. The van der Waals surface area contributed by atoms with Crippen LogP contribution in [0.25, 0.3) is 16.5 Å². The second kappa shape index (κ2) is 12.0. The smallest absolute Gasteiger partial charge is 0.333 e. The molecule has 0 atom stereocenters. The number of anilines is 2. The number of carbonyl (C=O) groups excluding carboxylic acids is 1. The Morgan fingerprint density at radius 3 is 2.50 bits per heavy atom. The molecule has 40 heavy (non-hydrogen) atoms. The number of nitrogens with zero attached hydrogens (tertiary/aromatic N) is 2. The summed E-state index contributed by atoms with van der Waals surface area (Å²) < 4.78 is 42.8. The molecule has 1 aliphatic heterocycles. The van der Waals surface area contributed by atoms with Crippen molar-refractivity contribution in [1.29, 1.82) is 0 Å². The first kappa shape index (κ1) is 28.1. The van der Waals surface area contributed by atoms with Crippen molar-refractivity contribution in [2.45, 2.75) is 23.5 Å². The van der Waals surface area contributed by atoms with Crippen LogP contribution in [0.2, 0.25) is 4.34 Å². The number of hydrogen-bond donors (Lipinski definition) is 3. The molecule has 0 aliphatic carbocycles. The van der Waals surface area contributed by atoms with E-state index in [1.165, 1.54) is 54.3 Å². The van der Waals surface area contributed by atoms with Crippen molar-refractivity contribution in [3.63, 3.8) is 0 Å². The largest absolute Gasteiger partial charge is 0.384 e. The summed E-state index contributed by atoms with van der Waals surface area (Å²) in [5.41, 5.74) is 0.510. The highest BCUT2D eigenvalue weighted by Crippen LogP contribution is 2.25. The van der Waals surface area contributed by atoms with Crippen LogP contribution in [-0.2, 0) is 10.0 Å². The number of halogens is 2. The zero-order valence-corrected chi connectivity index (χ0v) is 23.7. The van der Waals surface area contributed by atoms with Gasteiger partial charge in [0.25, 0.3) is 15.6 Å². The predicted octanol–water partition coefficient (Wildman–Crippen LogP) is 5.25. The molecule has 210 valence electrons. The van der Waals surface area contributed by atoms with E-state index in [0.717, 1.165) is 54.7 Å². The van der Waals surface area contributed by atoms with Gasteiger partial charge in [-0.25, -0.2) is 22.3 Å². The number of carbonyl (C=O) groups is 1. The van der Waals surface area contributed by atoms with Gasteiger partial charge in [0.15, 0.2) is 0 Å². The van der Waals surface area contributed by atoms with Crippen molar-refractivity contribution in [2.75, 3.05) is 36.8 Å². The van der Waals surface area contributed by atoms with Gasteiger partial charge >= 0.3 is 6.03 Å². The highest BCUT2D eigenvalue weighted by atomic mass is 35.5. The molecule has 1 saturated heterocycles. The maximum atomic E-state index is 15.1. The Morgan fingerprint density at radius 1 is 1.00 bits per heavy atom. The molecule has 9 nitrogen and oxygen atoms in total. The molecule has 5 rings (SSSR count). The molecule has 1 fully saturated rings. The van der Waals surface area contributed by atoms with Gasteiger partial charge in [-0.3, -0.25) is 9.36 Å². The lowest BCUT2D eigenvalue weighted by atomic mass is 10.1. The molecular weight excluding hydrogens is 577 g/mol. The number of urea groups is 1. The van der Waals surface area contributed by atoms with Crippen LogP contribution in [0.15, 0.2) is 69.8 Å². The van der Waals surface area contributed by atoms with E-state index in [0.29, 0.717) is 5.39 Å². The number of likely N-dealkylation sites (tertiary alicyclic amines) is 1. The number of rotatable bonds is 8. The molecule has 3 heterocycles. The maximum absolute atomic E-state index is 15.1. The number of piperidine rings is 1. The van der Waals surface area contributed by atoms with E-state index in [4.69, 9.17) is 11.6 Å². The summed E-state index contributed by atoms with van der Waals surface area (Å²) in [7, 11) is -4.13. The third-order valence-corrected chi connectivity index (χ3v) is 9.67. The van der Waals surface area contributed by atoms with E-state index in [1.807, 2.05) is 16.9 Å². The highest BCUT2D eigenvalue weighted by Gasteiger charge is 2.20. The average Bonchev–Trinajstić information content (AvgIpc) is 3.37. The van der Waals surface area contributed by atoms with Crippen LogP contribution in [0, 0.1) is 5.82 Å². The number of pyridine rings is 1. The van der Waals surface area contributed by atoms with Crippen LogP contribution in [0.3, 0.4) is 0 Å². The van der Waals surface area contributed by atoms with Gasteiger partial charge in [-0.05, 0) is 85.9 Å². The van der Waals surface area contributed by atoms with Crippen LogP contribution in [0.5, 0.6) is 0 Å². The van der Waals surface area contributed by atoms with Crippen molar-refractivity contribution >= 4 is 61.1 Å². The topological polar surface area (TPSA) is 113 Å². The van der Waals surface area contributed by atoms with Gasteiger partial charge in [0, 0.05) is 36.0 Å². The zero-order chi connectivity index (χ0) is 28.3. The van der Waals surface area contributed by atoms with Crippen molar-refractivity contribution in [3.8, 4) is 5.69 Å². The van der Waals surface area contributed by atoms with E-state index >= 15 is 4.39 Å². The number of thiophene rings is 1. The summed E-state index contributed by atoms with van der Waals surface area (Å²) in [6, 6.07) is 12.5. The van der Waals surface area contributed by atoms with Crippen molar-refractivity contribution in [1.82, 2.24) is 14.2 Å². The molecular formula is C27H27ClFN5O4S2. The SMILES string of the molecule is O=C(Nc1ccc(-n2ccc3cc(NCCN4CCCCC4)ccc3c2=O)c(F)c1)NS(=O)(=O)c1ccc(Cl)s1. The third-order valence-electron chi connectivity index (χ3n) is 6.62. The van der Waals surface area contributed by atoms with Gasteiger partial charge in [0.05, 0.1) is 10.0 Å². The first-order chi connectivity index (χ1) is 19.2. The Morgan fingerprint density at radius 2 is 1.77 bits per heavy atom. The highest BCUT2D eigenvalue weighted by molar-refractivity contribution is 7.92. The number of hydrogen-bond acceptors (Lipinski definition) is 7. The molecule has 2 aromatic carbocycles. The normalized spacial score (nSPS) is 14.2. The molecule has 0 bridgehead atoms. The lowest BCUT2D eigenvalue weighted by Crippen LogP contribution is -2.34. The maximum Gasteiger partial charge on any atom is 0.333 e. The average molecular weight is 604 g/mol. The molecule has 0 spiro atoms. The first-order valence-electron chi connectivity index (χ1n) is 12.7. The Hall–Kier alpha value is -3.45. The van der Waals surface area contributed by atoms with Gasteiger partial charge < -0.3 is 15.5 Å². The number of nitrogens with one attached hydrogen (secondary N) is 3. The lowest BCUT2D eigenvalue weighted by molar-refractivity contribution is 0.237. The summed E-state index contributed by atoms with van der Waals surface area (Å²) in [5.74, 6) is -0.775. The molecule has 2 amide bonds. The molecule has 1 aliphatic rings. The van der Waals surface area contributed by atoms with E-state index in [9.17, 15) is 18.0 Å². The minimum absolute atomic E-state index is 0.00673. The predicted molar refractivity (Wildman–Crippen MR) is 157 cm³/mol. The molecule has 0 saturated carbocycles. The van der Waals surface area contributed by atoms with E-state index in [1.54, 1.807) is 12.1 Å². The minimum Gasteiger partial charge on any atom is -0.384 e. The number of amides is 2. The monoisotopic (exact) mass is 603 g/mol. The summed E-state index contributed by atoms with van der Waals surface area (Å²) in [5, 5.41) is 6.86. The Balaban J connectivity index is 1.27. The second-order valence-electron chi connectivity index (χ2n) is 9.41. The fraction of sp³-hybridized carbons (Fsp3) is 0.259. The molecule has 0 radical (unpaired) electrons. The van der Waals surface area contributed by atoms with Crippen molar-refractivity contribution in [2.24, 2.45) is 0 Å². The van der Waals surface area contributed by atoms with Crippen molar-refractivity contribution < 1.29 is 17.6 Å². The summed E-state index contributed by atoms with van der Waals surface area (Å²) in [6.07, 6.45) is 5.29. The Labute approximate surface area is 239 Å². The van der Waals surface area contributed by atoms with Gasteiger partial charge in [-0.2, -0.15) is 0 Å². The fourth-order valence-corrected chi connectivity index (χ4v) is 7.03. The van der Waals surface area contributed by atoms with Crippen LogP contribution >= 0.6 is 22.9 Å². The third kappa shape index (κ3) is 6.47. The summed E-state index contributed by atoms with van der Waals surface area (Å²) >= 11 is 6.56. The Bertz CT molecular complexity index is 1720. The van der Waals surface area contributed by atoms with Gasteiger partial charge in [0.1, 0.15) is 10.0 Å². The van der Waals surface area contributed by atoms with Crippen molar-refractivity contribution in [3.05, 3.63) is 81.3 Å². The minimum atomic E-state index is -4.13. The number of fused-ring (bicyclic) bond motifs is 1. The van der Waals surface area contributed by atoms with Gasteiger partial charge in [-0.1, -0.05) is 18.0 Å². The van der Waals surface area contributed by atoms with Gasteiger partial charge in [0.2, 0.25) is 0 Å². The summed E-state index contributed by atoms with van der Waals surface area (Å²) in [6.45, 7) is 4.03. The number of aromatic nitrogens is 1. The quantitative estimate of drug-likeness (QED) is 0.253. The van der Waals surface area contributed by atoms with Crippen LogP contribution in [0.1, 0.15) is 19.3 Å². The zero-order valence-electron chi connectivity index (χ0n) is 21.3. The van der Waals surface area contributed by atoms with Gasteiger partial charge in [-0.15, -0.1) is 11.3 Å². The van der Waals surface area contributed by atoms with Crippen LogP contribution in [0.4, 0.5) is 20.6 Å². The van der Waals surface area contributed by atoms with Crippen LogP contribution < -0.4 is 20.9 Å². The number of sulfonamides is 1. The van der Waals surface area contributed by atoms with E-state index < -0.39 is 27.4 Å². The van der Waals surface area contributed by atoms with Crippen LogP contribution in [-0.4, -0.2) is 50.1 Å². The number of benzene rings is 2. The fourth-order valence-electron chi connectivity index (χ4n) is 4.64. The van der Waals surface area contributed by atoms with E-state index in [-0.39, 0.29) is 19.9 Å². The standard InChI is InChI=1S/C27H27ClFN5O4S2/c28-24-8-9-25(39-24)40(37,38)32-27(36)31-20-5-7-23(22(29)17-20)34-14-10-18-16-19(4-6-21(18)26(34)35)30-11-15-33-12-2-1-3-13-33/h4-10,14,16-17,30H,1-3,11-13,15H2,(H2,31,32,36). The molecule has 2 aromatic heterocycles. The summed E-state index contributed by atoms with van der Waals surface area (Å²) in [4.78, 5) is 27.9. The molecule has 4 aromatic rings. The lowest BCUT2D eigenvalue weighted by Gasteiger charge is -2.26. The van der Waals surface area contributed by atoms with E-state index in [2.05, 4.69) is 15.5 Å². The second-order valence-corrected chi connectivity index (χ2v) is 13.0.